The highest BCUT2D eigenvalue weighted by Crippen LogP contribution is 2.37. The zero-order valence-electron chi connectivity index (χ0n) is 60.1. The van der Waals surface area contributed by atoms with E-state index in [0.717, 1.165) is 76.3 Å². The van der Waals surface area contributed by atoms with Gasteiger partial charge >= 0.3 is 17.9 Å². The van der Waals surface area contributed by atoms with Gasteiger partial charge in [-0.1, -0.05) is 97.1 Å². The summed E-state index contributed by atoms with van der Waals surface area (Å²) in [5.74, 6) is 0.129. The first-order valence-electron chi connectivity index (χ1n) is 35.4. The van der Waals surface area contributed by atoms with E-state index in [2.05, 4.69) is 0 Å². The SMILES string of the molecule is CC(C)N(C(=O)Cc1ccccc1OCCCCCC(=O)O)c1ccc(-c2ccco2)cc1.CC(C)N(Cc1ccc(-c2ccco2)cc1)C(=O)c1ccccc1OCCCCCC(=O)O.CC(C)N(Cc1ccccc1S(=O)(=O)c1cccc2c1C[C@@H](C(=O)O)C2)C(=O)c1ccc(-c2ccco2)cc1. The maximum Gasteiger partial charge on any atom is 0.307 e. The number of nitrogens with zero attached hydrogens (tertiary/aromatic N) is 3. The summed E-state index contributed by atoms with van der Waals surface area (Å²) in [6.45, 7) is 13.3. The molecule has 11 rings (SSSR count). The topological polar surface area (TPSA) is 265 Å². The van der Waals surface area contributed by atoms with Crippen LogP contribution >= 0.6 is 0 Å². The maximum atomic E-state index is 14.0. The van der Waals surface area contributed by atoms with Gasteiger partial charge in [0.1, 0.15) is 28.8 Å². The van der Waals surface area contributed by atoms with Crippen molar-refractivity contribution in [3.63, 3.8) is 0 Å². The van der Waals surface area contributed by atoms with Crippen LogP contribution in [0.2, 0.25) is 0 Å². The van der Waals surface area contributed by atoms with Crippen LogP contribution in [-0.2, 0) is 61.4 Å². The quantitative estimate of drug-likeness (QED) is 0.0331. The van der Waals surface area contributed by atoms with Gasteiger partial charge in [0.2, 0.25) is 15.7 Å². The third kappa shape index (κ3) is 21.4. The van der Waals surface area contributed by atoms with E-state index in [-0.39, 0.29) is 77.9 Å². The second-order valence-electron chi connectivity index (χ2n) is 26.5. The van der Waals surface area contributed by atoms with Gasteiger partial charge in [-0.15, -0.1) is 0 Å². The number of para-hydroxylation sites is 2. The van der Waals surface area contributed by atoms with Gasteiger partial charge < -0.3 is 52.7 Å². The molecule has 1 atom stereocenters. The highest BCUT2D eigenvalue weighted by atomic mass is 32.2. The zero-order chi connectivity index (χ0) is 75.0. The van der Waals surface area contributed by atoms with Crippen LogP contribution in [0.5, 0.6) is 11.5 Å². The van der Waals surface area contributed by atoms with Gasteiger partial charge in [-0.25, -0.2) is 8.42 Å². The van der Waals surface area contributed by atoms with Crippen molar-refractivity contribution in [3.8, 4) is 45.5 Å². The first kappa shape index (κ1) is 77.9. The molecule has 0 spiro atoms. The average molecular weight is 1440 g/mol. The van der Waals surface area contributed by atoms with Gasteiger partial charge in [0.25, 0.3) is 11.8 Å². The summed E-state index contributed by atoms with van der Waals surface area (Å²) in [6, 6.07) is 60.5. The summed E-state index contributed by atoms with van der Waals surface area (Å²) in [6.07, 6.45) is 10.3. The van der Waals surface area contributed by atoms with Crippen molar-refractivity contribution in [2.24, 2.45) is 5.92 Å². The number of carbonyl (C=O) groups excluding carboxylic acids is 3. The Morgan fingerprint density at radius 3 is 1.48 bits per heavy atom. The third-order valence-electron chi connectivity index (χ3n) is 18.0. The van der Waals surface area contributed by atoms with E-state index in [1.807, 2.05) is 174 Å². The molecule has 0 radical (unpaired) electrons. The molecule has 10 aromatic rings. The summed E-state index contributed by atoms with van der Waals surface area (Å²) in [5.41, 5.74) is 8.34. The second-order valence-corrected chi connectivity index (χ2v) is 28.4. The monoisotopic (exact) mass is 1440 g/mol. The number of ether oxygens (including phenoxy) is 2. The third-order valence-corrected chi connectivity index (χ3v) is 19.9. The molecule has 20 heteroatoms. The summed E-state index contributed by atoms with van der Waals surface area (Å²) in [4.78, 5) is 78.7. The molecule has 3 N–H and O–H groups in total. The molecular formula is C85H91N3O16S. The fourth-order valence-electron chi connectivity index (χ4n) is 12.4. The largest absolute Gasteiger partial charge is 0.493 e. The number of unbranched alkanes of at least 4 members (excludes halogenated alkanes) is 4. The van der Waals surface area contributed by atoms with E-state index < -0.39 is 33.7 Å². The molecule has 0 unspecified atom stereocenters. The van der Waals surface area contributed by atoms with E-state index in [1.54, 1.807) is 101 Å². The van der Waals surface area contributed by atoms with E-state index in [1.165, 1.54) is 0 Å². The molecule has 1 aliphatic carbocycles. The number of fused-ring (bicyclic) bond motifs is 1. The first-order valence-corrected chi connectivity index (χ1v) is 36.9. The van der Waals surface area contributed by atoms with E-state index >= 15 is 0 Å². The number of rotatable bonds is 32. The van der Waals surface area contributed by atoms with Crippen molar-refractivity contribution in [2.45, 2.75) is 153 Å². The number of aliphatic carboxylic acids is 3. The van der Waals surface area contributed by atoms with Gasteiger partial charge in [0.15, 0.2) is 0 Å². The summed E-state index contributed by atoms with van der Waals surface area (Å²) < 4.78 is 56.1. The number of carbonyl (C=O) groups is 6. The molecule has 0 saturated carbocycles. The predicted octanol–water partition coefficient (Wildman–Crippen LogP) is 17.6. The lowest BCUT2D eigenvalue weighted by Crippen LogP contribution is -2.38. The molecule has 7 aromatic carbocycles. The number of hydrogen-bond donors (Lipinski definition) is 3. The Morgan fingerprint density at radius 2 is 0.952 bits per heavy atom. The number of anilines is 1. The van der Waals surface area contributed by atoms with Crippen molar-refractivity contribution >= 4 is 51.2 Å². The van der Waals surface area contributed by atoms with Crippen LogP contribution in [-0.4, -0.2) is 101 Å². The molecule has 548 valence electrons. The lowest BCUT2D eigenvalue weighted by molar-refractivity contribution is -0.141. The van der Waals surface area contributed by atoms with Crippen molar-refractivity contribution in [1.29, 1.82) is 0 Å². The van der Waals surface area contributed by atoms with Gasteiger partial charge in [0, 0.05) is 77.6 Å². The van der Waals surface area contributed by atoms with Crippen molar-refractivity contribution in [2.75, 3.05) is 18.1 Å². The minimum absolute atomic E-state index is 0.00530. The number of amides is 3. The second kappa shape index (κ2) is 37.8. The predicted molar refractivity (Wildman–Crippen MR) is 402 cm³/mol. The molecule has 0 saturated heterocycles. The summed E-state index contributed by atoms with van der Waals surface area (Å²) in [5, 5.41) is 27.0. The Labute approximate surface area is 613 Å². The van der Waals surface area contributed by atoms with Crippen LogP contribution in [0.1, 0.15) is 141 Å². The van der Waals surface area contributed by atoms with Gasteiger partial charge in [-0.2, -0.15) is 0 Å². The van der Waals surface area contributed by atoms with Gasteiger partial charge in [-0.05, 0) is 218 Å². The minimum Gasteiger partial charge on any atom is -0.493 e. The number of furan rings is 3. The number of benzene rings is 7. The van der Waals surface area contributed by atoms with Gasteiger partial charge in [0.05, 0.1) is 59.7 Å². The van der Waals surface area contributed by atoms with E-state index in [4.69, 9.17) is 32.9 Å². The molecule has 1 aliphatic rings. The number of carboxylic acids is 3. The highest BCUT2D eigenvalue weighted by Gasteiger charge is 2.34. The lowest BCUT2D eigenvalue weighted by atomic mass is 10.1. The maximum absolute atomic E-state index is 14.0. The molecule has 3 heterocycles. The van der Waals surface area contributed by atoms with Crippen molar-refractivity contribution in [3.05, 3.63) is 258 Å². The zero-order valence-corrected chi connectivity index (χ0v) is 60.9. The van der Waals surface area contributed by atoms with E-state index in [0.29, 0.717) is 78.5 Å². The van der Waals surface area contributed by atoms with Gasteiger partial charge in [-0.3, -0.25) is 28.8 Å². The van der Waals surface area contributed by atoms with Crippen LogP contribution in [0.25, 0.3) is 34.0 Å². The summed E-state index contributed by atoms with van der Waals surface area (Å²) >= 11 is 0. The van der Waals surface area contributed by atoms with Crippen molar-refractivity contribution in [1.82, 2.24) is 9.80 Å². The number of hydrogen-bond acceptors (Lipinski definition) is 13. The summed E-state index contributed by atoms with van der Waals surface area (Å²) in [7, 11) is -3.98. The van der Waals surface area contributed by atoms with Crippen molar-refractivity contribution < 1.29 is 75.2 Å². The smallest absolute Gasteiger partial charge is 0.307 e. The normalized spacial score (nSPS) is 12.3. The standard InChI is InChI=1S/C31H29NO6S.2C27H31NO5/c1-20(2)32(30(33)22-14-12-21(13-15-22)27-9-6-16-38-27)19-24-7-3-4-10-28(24)39(36,37)29-11-5-8-23-17-25(31(34)35)18-26(23)29;1-20(2)28(23-15-13-21(14-16-23)24-11-8-18-33-24)26(29)19-22-9-5-6-10-25(22)32-17-7-3-4-12-27(30)31;1-20(2)28(19-21-13-15-22(16-14-21)24-11-8-18-32-24)27(31)23-9-5-6-10-25(23)33-17-7-3-4-12-26(29)30/h3-16,20,25H,17-19H2,1-2H3,(H,34,35);5-6,8-11,13-16,18,20H,3-4,7,12,17,19H2,1-2H3,(H,30,31);5-6,8-11,13-16,18,20H,3-4,7,12,17,19H2,1-2H3,(H,29,30)/t25-;;/m0../s1. The highest BCUT2D eigenvalue weighted by molar-refractivity contribution is 7.91. The Hall–Kier alpha value is -11.3. The van der Waals surface area contributed by atoms with Crippen LogP contribution in [0.4, 0.5) is 5.69 Å². The average Bonchev–Trinajstić information content (AvgIpc) is 1.64. The van der Waals surface area contributed by atoms with Crippen LogP contribution in [0.3, 0.4) is 0 Å². The fraction of sp³-hybridized carbons (Fsp3) is 0.294. The molecule has 0 aliphatic heterocycles. The molecule has 3 aromatic heterocycles. The molecular weight excluding hydrogens is 1350 g/mol. The van der Waals surface area contributed by atoms with Crippen LogP contribution in [0.15, 0.2) is 242 Å². The molecule has 19 nitrogen and oxygen atoms in total. The Morgan fingerprint density at radius 1 is 0.467 bits per heavy atom. The molecule has 0 bridgehead atoms. The Balaban J connectivity index is 0.000000183. The molecule has 0 fully saturated rings. The number of sulfone groups is 1. The molecule has 3 amide bonds. The number of carboxylic acid groups (broad SMARTS) is 3. The van der Waals surface area contributed by atoms with Crippen LogP contribution in [0, 0.1) is 5.92 Å². The molecule has 105 heavy (non-hydrogen) atoms. The lowest BCUT2D eigenvalue weighted by Gasteiger charge is -2.28. The van der Waals surface area contributed by atoms with E-state index in [9.17, 15) is 42.3 Å². The van der Waals surface area contributed by atoms with Crippen LogP contribution < -0.4 is 14.4 Å². The first-order chi connectivity index (χ1) is 50.6. The Kier molecular flexibility index (Phi) is 28.0. The Bertz CT molecular complexity index is 4590. The minimum atomic E-state index is -3.98. The fourth-order valence-corrected chi connectivity index (χ4v) is 14.2.